The highest BCUT2D eigenvalue weighted by molar-refractivity contribution is 7.89. The van der Waals surface area contributed by atoms with Crippen LogP contribution in [0.3, 0.4) is 0 Å². The largest absolute Gasteiger partial charge is 0.240 e. The normalized spacial score (nSPS) is 11.6. The van der Waals surface area contributed by atoms with E-state index in [9.17, 15) is 12.8 Å². The third-order valence-electron chi connectivity index (χ3n) is 1.10. The van der Waals surface area contributed by atoms with E-state index >= 15 is 0 Å². The van der Waals surface area contributed by atoms with Crippen LogP contribution in [0.4, 0.5) is 4.39 Å². The molecule has 0 aliphatic rings. The van der Waals surface area contributed by atoms with Crippen LogP contribution in [0.15, 0.2) is 17.2 Å². The summed E-state index contributed by atoms with van der Waals surface area (Å²) >= 11 is 5.21. The van der Waals surface area contributed by atoms with E-state index in [1.807, 2.05) is 0 Å². The van der Waals surface area contributed by atoms with Gasteiger partial charge in [0.1, 0.15) is 4.90 Å². The number of primary sulfonamides is 1. The topological polar surface area (TPSA) is 73.1 Å². The van der Waals surface area contributed by atoms with E-state index in [4.69, 9.17) is 16.7 Å². The Morgan fingerprint density at radius 2 is 2.17 bits per heavy atom. The molecule has 0 aromatic carbocycles. The molecule has 0 aliphatic carbocycles. The van der Waals surface area contributed by atoms with Gasteiger partial charge in [0, 0.05) is 6.20 Å². The zero-order valence-electron chi connectivity index (χ0n) is 5.66. The molecule has 12 heavy (non-hydrogen) atoms. The lowest BCUT2D eigenvalue weighted by atomic mass is 10.5. The van der Waals surface area contributed by atoms with Crippen LogP contribution < -0.4 is 5.14 Å². The van der Waals surface area contributed by atoms with Crippen LogP contribution in [0.2, 0.25) is 5.15 Å². The summed E-state index contributed by atoms with van der Waals surface area (Å²) in [5.74, 6) is -0.914. The van der Waals surface area contributed by atoms with Crippen LogP contribution in [0, 0.1) is 5.82 Å². The van der Waals surface area contributed by atoms with Crippen LogP contribution in [-0.2, 0) is 10.0 Å². The molecule has 1 aromatic rings. The Balaban J connectivity index is 3.33. The number of nitrogens with zero attached hydrogens (tertiary/aromatic N) is 1. The maximum Gasteiger partial charge on any atom is 0.239 e. The summed E-state index contributed by atoms with van der Waals surface area (Å²) in [6, 6.07) is 0.713. The van der Waals surface area contributed by atoms with Gasteiger partial charge in [-0.25, -0.2) is 22.9 Å². The molecule has 0 aliphatic heterocycles. The van der Waals surface area contributed by atoms with Crippen molar-refractivity contribution in [1.82, 2.24) is 4.98 Å². The first-order valence-electron chi connectivity index (χ1n) is 2.75. The van der Waals surface area contributed by atoms with E-state index in [0.29, 0.717) is 6.07 Å². The molecule has 0 atom stereocenters. The molecule has 0 amide bonds. The zero-order valence-corrected chi connectivity index (χ0v) is 7.23. The summed E-state index contributed by atoms with van der Waals surface area (Å²) < 4.78 is 33.8. The van der Waals surface area contributed by atoms with Gasteiger partial charge >= 0.3 is 0 Å². The van der Waals surface area contributed by atoms with E-state index < -0.39 is 20.7 Å². The van der Waals surface area contributed by atoms with Gasteiger partial charge in [-0.2, -0.15) is 0 Å². The molecule has 66 valence electrons. The maximum absolute atomic E-state index is 12.6. The monoisotopic (exact) mass is 210 g/mol. The summed E-state index contributed by atoms with van der Waals surface area (Å²) in [5, 5.41) is 4.31. The number of hydrogen-bond acceptors (Lipinski definition) is 3. The van der Waals surface area contributed by atoms with Crippen molar-refractivity contribution in [2.45, 2.75) is 4.90 Å². The minimum absolute atomic E-state index is 0.387. The van der Waals surface area contributed by atoms with Crippen molar-refractivity contribution in [1.29, 1.82) is 0 Å². The predicted molar refractivity (Wildman–Crippen MR) is 40.6 cm³/mol. The molecule has 7 heteroatoms. The van der Waals surface area contributed by atoms with Crippen molar-refractivity contribution in [3.05, 3.63) is 23.2 Å². The summed E-state index contributed by atoms with van der Waals surface area (Å²) in [5.41, 5.74) is 0. The second-order valence-electron chi connectivity index (χ2n) is 1.99. The molecule has 1 rings (SSSR count). The molecular weight excluding hydrogens is 207 g/mol. The Hall–Kier alpha value is -0.720. The van der Waals surface area contributed by atoms with Crippen molar-refractivity contribution in [2.24, 2.45) is 5.14 Å². The standard InChI is InChI=1S/C5H4ClFN2O2S/c6-5-4(7)1-3(2-9-5)12(8,10)11/h1-2H,(H2,8,10,11). The number of halogens is 2. The predicted octanol–water partition coefficient (Wildman–Crippen LogP) is 0.522. The second-order valence-corrected chi connectivity index (χ2v) is 3.91. The number of sulfonamides is 1. The molecule has 0 saturated carbocycles. The lowest BCUT2D eigenvalue weighted by Gasteiger charge is -1.97. The third-order valence-corrected chi connectivity index (χ3v) is 2.26. The molecule has 1 aromatic heterocycles. The van der Waals surface area contributed by atoms with Gasteiger partial charge in [0.05, 0.1) is 0 Å². The average Bonchev–Trinajstić information content (AvgIpc) is 1.92. The Morgan fingerprint density at radius 3 is 2.58 bits per heavy atom. The summed E-state index contributed by atoms with van der Waals surface area (Å²) in [6.45, 7) is 0. The molecular formula is C5H4ClFN2O2S. The first kappa shape index (κ1) is 9.37. The summed E-state index contributed by atoms with van der Waals surface area (Å²) in [7, 11) is -3.90. The SMILES string of the molecule is NS(=O)(=O)c1cnc(Cl)c(F)c1. The van der Waals surface area contributed by atoms with E-state index in [1.54, 1.807) is 0 Å². The van der Waals surface area contributed by atoms with Crippen molar-refractivity contribution in [2.75, 3.05) is 0 Å². The first-order valence-corrected chi connectivity index (χ1v) is 4.67. The summed E-state index contributed by atoms with van der Waals surface area (Å²) in [4.78, 5) is 2.88. The van der Waals surface area contributed by atoms with Gasteiger partial charge < -0.3 is 0 Å². The molecule has 1 heterocycles. The van der Waals surface area contributed by atoms with E-state index in [2.05, 4.69) is 4.98 Å². The van der Waals surface area contributed by atoms with Gasteiger partial charge in [-0.05, 0) is 6.07 Å². The fourth-order valence-electron chi connectivity index (χ4n) is 0.559. The minimum atomic E-state index is -3.90. The van der Waals surface area contributed by atoms with Crippen LogP contribution in [0.1, 0.15) is 0 Å². The zero-order chi connectivity index (χ0) is 9.35. The van der Waals surface area contributed by atoms with Crippen molar-refractivity contribution >= 4 is 21.6 Å². The van der Waals surface area contributed by atoms with Crippen molar-refractivity contribution < 1.29 is 12.8 Å². The van der Waals surface area contributed by atoms with Crippen LogP contribution in [-0.4, -0.2) is 13.4 Å². The van der Waals surface area contributed by atoms with E-state index in [1.165, 1.54) is 0 Å². The quantitative estimate of drug-likeness (QED) is 0.687. The fraction of sp³-hybridized carbons (Fsp3) is 0. The first-order chi connectivity index (χ1) is 5.41. The third kappa shape index (κ3) is 1.90. The Bertz CT molecular complexity index is 406. The lowest BCUT2D eigenvalue weighted by molar-refractivity contribution is 0.590. The van der Waals surface area contributed by atoms with Gasteiger partial charge in [0.2, 0.25) is 10.0 Å². The van der Waals surface area contributed by atoms with Crippen LogP contribution in [0.5, 0.6) is 0 Å². The maximum atomic E-state index is 12.6. The Kier molecular flexibility index (Phi) is 2.31. The molecule has 0 unspecified atom stereocenters. The highest BCUT2D eigenvalue weighted by atomic mass is 35.5. The van der Waals surface area contributed by atoms with E-state index in [-0.39, 0.29) is 5.15 Å². The van der Waals surface area contributed by atoms with Crippen molar-refractivity contribution in [3.63, 3.8) is 0 Å². The van der Waals surface area contributed by atoms with E-state index in [0.717, 1.165) is 6.20 Å². The Morgan fingerprint density at radius 1 is 1.58 bits per heavy atom. The number of aromatic nitrogens is 1. The van der Waals surface area contributed by atoms with Gasteiger partial charge in [0.15, 0.2) is 11.0 Å². The minimum Gasteiger partial charge on any atom is -0.240 e. The number of nitrogens with two attached hydrogens (primary N) is 1. The van der Waals surface area contributed by atoms with Gasteiger partial charge in [-0.1, -0.05) is 11.6 Å². The van der Waals surface area contributed by atoms with Crippen LogP contribution in [0.25, 0.3) is 0 Å². The number of pyridine rings is 1. The Labute approximate surface area is 73.2 Å². The second kappa shape index (κ2) is 2.96. The van der Waals surface area contributed by atoms with Gasteiger partial charge in [-0.3, -0.25) is 0 Å². The molecule has 0 radical (unpaired) electrons. The fourth-order valence-corrected chi connectivity index (χ4v) is 1.13. The molecule has 2 N–H and O–H groups in total. The average molecular weight is 211 g/mol. The lowest BCUT2D eigenvalue weighted by Crippen LogP contribution is -2.12. The van der Waals surface area contributed by atoms with Gasteiger partial charge in [0.25, 0.3) is 0 Å². The molecule has 0 bridgehead atoms. The number of hydrogen-bond donors (Lipinski definition) is 1. The van der Waals surface area contributed by atoms with Crippen LogP contribution >= 0.6 is 11.6 Å². The van der Waals surface area contributed by atoms with Crippen molar-refractivity contribution in [3.8, 4) is 0 Å². The highest BCUT2D eigenvalue weighted by Gasteiger charge is 2.11. The smallest absolute Gasteiger partial charge is 0.239 e. The highest BCUT2D eigenvalue weighted by Crippen LogP contribution is 2.14. The molecule has 0 spiro atoms. The van der Waals surface area contributed by atoms with Gasteiger partial charge in [-0.15, -0.1) is 0 Å². The molecule has 0 saturated heterocycles. The number of rotatable bonds is 1. The molecule has 4 nitrogen and oxygen atoms in total. The molecule has 0 fully saturated rings. The summed E-state index contributed by atoms with van der Waals surface area (Å²) in [6.07, 6.45) is 0.890.